The number of carbonyl (C=O) groups is 2. The number of nitrogens with one attached hydrogen (secondary N) is 1. The number of aryl methyl sites for hydroxylation is 1. The number of hydrogen-bond acceptors (Lipinski definition) is 5. The van der Waals surface area contributed by atoms with Crippen molar-refractivity contribution >= 4 is 39.0 Å². The maximum Gasteiger partial charge on any atom is 0.340 e. The van der Waals surface area contributed by atoms with Gasteiger partial charge in [-0.1, -0.05) is 23.7 Å². The second-order valence-corrected chi connectivity index (χ2v) is 8.24. The van der Waals surface area contributed by atoms with Crippen molar-refractivity contribution in [3.63, 3.8) is 0 Å². The quantitative estimate of drug-likeness (QED) is 0.785. The van der Waals surface area contributed by atoms with E-state index in [1.54, 1.807) is 18.2 Å². The van der Waals surface area contributed by atoms with Crippen LogP contribution < -0.4 is 5.32 Å². The zero-order chi connectivity index (χ0) is 19.5. The fraction of sp³-hybridized carbons (Fsp3) is 0.222. The Bertz CT molecular complexity index is 956. The molecule has 1 N–H and O–H groups in total. The third kappa shape index (κ3) is 5.06. The first kappa shape index (κ1) is 19.9. The second-order valence-electron chi connectivity index (χ2n) is 5.82. The Labute approximate surface area is 157 Å². The summed E-state index contributed by atoms with van der Waals surface area (Å²) in [7, 11) is -3.51. The van der Waals surface area contributed by atoms with E-state index >= 15 is 0 Å². The highest BCUT2D eigenvalue weighted by Gasteiger charge is 2.22. The van der Waals surface area contributed by atoms with Crippen LogP contribution in [-0.4, -0.2) is 32.7 Å². The molecule has 0 unspecified atom stereocenters. The molecule has 2 aromatic carbocycles. The fourth-order valence-electron chi connectivity index (χ4n) is 2.14. The van der Waals surface area contributed by atoms with Crippen LogP contribution in [0.4, 0.5) is 5.69 Å². The summed E-state index contributed by atoms with van der Waals surface area (Å²) in [5, 5.41) is 2.68. The normalized spacial score (nSPS) is 12.3. The summed E-state index contributed by atoms with van der Waals surface area (Å²) < 4.78 is 28.4. The molecule has 0 aromatic heterocycles. The van der Waals surface area contributed by atoms with E-state index in [4.69, 9.17) is 16.3 Å². The number of carbonyl (C=O) groups excluding carboxylic acids is 2. The SMILES string of the molecule is Cc1cccc(NC(=O)[C@@H](C)OC(=O)c2cc(S(C)(=O)=O)ccc2Cl)c1. The van der Waals surface area contributed by atoms with Crippen LogP contribution in [0.5, 0.6) is 0 Å². The Morgan fingerprint density at radius 1 is 1.15 bits per heavy atom. The van der Waals surface area contributed by atoms with Crippen molar-refractivity contribution in [1.29, 1.82) is 0 Å². The Kier molecular flexibility index (Phi) is 6.05. The van der Waals surface area contributed by atoms with Gasteiger partial charge in [0.2, 0.25) is 0 Å². The van der Waals surface area contributed by atoms with Gasteiger partial charge in [0.1, 0.15) is 0 Å². The van der Waals surface area contributed by atoms with Gasteiger partial charge in [-0.25, -0.2) is 13.2 Å². The zero-order valence-electron chi connectivity index (χ0n) is 14.4. The Morgan fingerprint density at radius 3 is 2.46 bits per heavy atom. The molecule has 0 heterocycles. The molecule has 2 rings (SSSR count). The molecular weight excluding hydrogens is 378 g/mol. The Morgan fingerprint density at radius 2 is 1.85 bits per heavy atom. The molecule has 0 aliphatic heterocycles. The molecule has 1 atom stereocenters. The van der Waals surface area contributed by atoms with Gasteiger partial charge in [0, 0.05) is 11.9 Å². The fourth-order valence-corrected chi connectivity index (χ4v) is 2.98. The molecule has 138 valence electrons. The Balaban J connectivity index is 2.12. The third-order valence-electron chi connectivity index (χ3n) is 3.52. The predicted octanol–water partition coefficient (Wildman–Crippen LogP) is 3.24. The van der Waals surface area contributed by atoms with Crippen molar-refractivity contribution in [3.05, 3.63) is 58.6 Å². The summed E-state index contributed by atoms with van der Waals surface area (Å²) in [6.07, 6.45) is -0.0792. The van der Waals surface area contributed by atoms with E-state index in [9.17, 15) is 18.0 Å². The van der Waals surface area contributed by atoms with Crippen LogP contribution in [0.1, 0.15) is 22.8 Å². The lowest BCUT2D eigenvalue weighted by Gasteiger charge is -2.14. The molecule has 0 radical (unpaired) electrons. The molecule has 0 aliphatic rings. The number of ether oxygens (including phenoxy) is 1. The maximum absolute atomic E-state index is 12.3. The average molecular weight is 396 g/mol. The molecule has 1 amide bonds. The Hall–Kier alpha value is -2.38. The number of anilines is 1. The van der Waals surface area contributed by atoms with Gasteiger partial charge in [0.05, 0.1) is 15.5 Å². The lowest BCUT2D eigenvalue weighted by molar-refractivity contribution is -0.123. The zero-order valence-corrected chi connectivity index (χ0v) is 16.0. The summed E-state index contributed by atoms with van der Waals surface area (Å²) in [4.78, 5) is 24.4. The average Bonchev–Trinajstić information content (AvgIpc) is 2.53. The van der Waals surface area contributed by atoms with E-state index in [0.717, 1.165) is 17.9 Å². The molecule has 0 bridgehead atoms. The highest BCUT2D eigenvalue weighted by molar-refractivity contribution is 7.90. The number of halogens is 1. The highest BCUT2D eigenvalue weighted by Crippen LogP contribution is 2.22. The van der Waals surface area contributed by atoms with E-state index in [1.807, 2.05) is 13.0 Å². The highest BCUT2D eigenvalue weighted by atomic mass is 35.5. The summed E-state index contributed by atoms with van der Waals surface area (Å²) >= 11 is 5.96. The molecule has 2 aromatic rings. The molecule has 0 fully saturated rings. The topological polar surface area (TPSA) is 89.5 Å². The summed E-state index contributed by atoms with van der Waals surface area (Å²) in [6.45, 7) is 3.30. The van der Waals surface area contributed by atoms with Gasteiger partial charge in [0.15, 0.2) is 15.9 Å². The van der Waals surface area contributed by atoms with Crippen molar-refractivity contribution in [2.45, 2.75) is 24.8 Å². The molecule has 8 heteroatoms. The van der Waals surface area contributed by atoms with Gasteiger partial charge in [-0.2, -0.15) is 0 Å². The minimum Gasteiger partial charge on any atom is -0.449 e. The molecule has 0 aliphatic carbocycles. The number of benzene rings is 2. The van der Waals surface area contributed by atoms with Crippen LogP contribution in [0.2, 0.25) is 5.02 Å². The molecule has 0 saturated heterocycles. The van der Waals surface area contributed by atoms with Crippen molar-refractivity contribution < 1.29 is 22.7 Å². The number of sulfone groups is 1. The van der Waals surface area contributed by atoms with Gasteiger partial charge in [-0.05, 0) is 49.7 Å². The van der Waals surface area contributed by atoms with Crippen molar-refractivity contribution in [1.82, 2.24) is 0 Å². The van der Waals surface area contributed by atoms with Gasteiger partial charge in [-0.3, -0.25) is 4.79 Å². The molecule has 26 heavy (non-hydrogen) atoms. The van der Waals surface area contributed by atoms with Gasteiger partial charge in [-0.15, -0.1) is 0 Å². The first-order chi connectivity index (χ1) is 12.1. The van der Waals surface area contributed by atoms with Gasteiger partial charge < -0.3 is 10.1 Å². The largest absolute Gasteiger partial charge is 0.449 e. The van der Waals surface area contributed by atoms with Crippen LogP contribution in [-0.2, 0) is 19.4 Å². The van der Waals surface area contributed by atoms with Crippen molar-refractivity contribution in [2.24, 2.45) is 0 Å². The van der Waals surface area contributed by atoms with Crippen molar-refractivity contribution in [2.75, 3.05) is 11.6 Å². The van der Waals surface area contributed by atoms with Crippen LogP contribution in [0.15, 0.2) is 47.4 Å². The summed E-state index contributed by atoms with van der Waals surface area (Å²) in [5.74, 6) is -1.40. The lowest BCUT2D eigenvalue weighted by atomic mass is 10.2. The third-order valence-corrected chi connectivity index (χ3v) is 4.96. The smallest absolute Gasteiger partial charge is 0.340 e. The molecule has 0 spiro atoms. The van der Waals surface area contributed by atoms with Gasteiger partial charge in [0.25, 0.3) is 5.91 Å². The first-order valence-corrected chi connectivity index (χ1v) is 9.93. The molecule has 0 saturated carbocycles. The first-order valence-electron chi connectivity index (χ1n) is 7.66. The number of esters is 1. The van der Waals surface area contributed by atoms with Crippen LogP contribution in [0, 0.1) is 6.92 Å². The lowest BCUT2D eigenvalue weighted by Crippen LogP contribution is -2.30. The second kappa shape index (κ2) is 7.88. The monoisotopic (exact) mass is 395 g/mol. The van der Waals surface area contributed by atoms with Crippen LogP contribution in [0.25, 0.3) is 0 Å². The maximum atomic E-state index is 12.3. The molecular formula is C18H18ClNO5S. The standard InChI is InChI=1S/C18H18ClNO5S/c1-11-5-4-6-13(9-11)20-17(21)12(2)25-18(22)15-10-14(26(3,23)24)7-8-16(15)19/h4-10,12H,1-3H3,(H,20,21)/t12-/m1/s1. The minimum absolute atomic E-state index is 0.0358. The summed E-state index contributed by atoms with van der Waals surface area (Å²) in [6, 6.07) is 10.9. The van der Waals surface area contributed by atoms with E-state index in [0.29, 0.717) is 5.69 Å². The summed E-state index contributed by atoms with van der Waals surface area (Å²) in [5.41, 5.74) is 1.43. The number of amides is 1. The predicted molar refractivity (Wildman–Crippen MR) is 99.2 cm³/mol. The number of rotatable bonds is 5. The number of hydrogen-bond donors (Lipinski definition) is 1. The minimum atomic E-state index is -3.51. The van der Waals surface area contributed by atoms with E-state index in [1.165, 1.54) is 19.1 Å². The van der Waals surface area contributed by atoms with E-state index in [-0.39, 0.29) is 15.5 Å². The van der Waals surface area contributed by atoms with Crippen molar-refractivity contribution in [3.8, 4) is 0 Å². The van der Waals surface area contributed by atoms with E-state index < -0.39 is 27.8 Å². The van der Waals surface area contributed by atoms with Gasteiger partial charge >= 0.3 is 5.97 Å². The van der Waals surface area contributed by atoms with Crippen LogP contribution >= 0.6 is 11.6 Å². The molecule has 6 nitrogen and oxygen atoms in total. The van der Waals surface area contributed by atoms with Crippen LogP contribution in [0.3, 0.4) is 0 Å². The van der Waals surface area contributed by atoms with E-state index in [2.05, 4.69) is 5.32 Å².